The van der Waals surface area contributed by atoms with E-state index in [0.717, 1.165) is 24.1 Å². The Morgan fingerprint density at radius 3 is 2.56 bits per heavy atom. The summed E-state index contributed by atoms with van der Waals surface area (Å²) in [7, 11) is 0. The third-order valence-electron chi connectivity index (χ3n) is 2.47. The van der Waals surface area contributed by atoms with E-state index in [1.807, 2.05) is 31.2 Å². The first kappa shape index (κ1) is 11.1. The van der Waals surface area contributed by atoms with Crippen molar-refractivity contribution in [2.45, 2.75) is 19.8 Å². The van der Waals surface area contributed by atoms with Gasteiger partial charge in [-0.1, -0.05) is 41.9 Å². The van der Waals surface area contributed by atoms with Gasteiger partial charge in [0, 0.05) is 0 Å². The Hall–Kier alpha value is -1.41. The second-order valence-electron chi connectivity index (χ2n) is 3.79. The van der Waals surface area contributed by atoms with Crippen LogP contribution < -0.4 is 0 Å². The van der Waals surface area contributed by atoms with Crippen molar-refractivity contribution in [3.63, 3.8) is 0 Å². The monoisotopic (exact) mass is 232 g/mol. The van der Waals surface area contributed by atoms with Crippen LogP contribution in [0.4, 0.5) is 0 Å². The minimum absolute atomic E-state index is 0.515. The average molecular weight is 233 g/mol. The highest BCUT2D eigenvalue weighted by atomic mass is 35.5. The normalized spacial score (nSPS) is 10.4. The van der Waals surface area contributed by atoms with E-state index in [1.165, 1.54) is 5.56 Å². The predicted molar refractivity (Wildman–Crippen MR) is 65.6 cm³/mol. The summed E-state index contributed by atoms with van der Waals surface area (Å²) < 4.78 is 0. The van der Waals surface area contributed by atoms with Crippen molar-refractivity contribution in [3.8, 4) is 0 Å². The van der Waals surface area contributed by atoms with Gasteiger partial charge in [0.25, 0.3) is 0 Å². The maximum Gasteiger partial charge on any atom is 0.154 e. The molecule has 0 aliphatic rings. The number of aryl methyl sites for hydroxylation is 3. The molecular formula is C13H13ClN2. The zero-order valence-corrected chi connectivity index (χ0v) is 9.91. The average Bonchev–Trinajstić information content (AvgIpc) is 2.32. The quantitative estimate of drug-likeness (QED) is 0.812. The fourth-order valence-corrected chi connectivity index (χ4v) is 1.81. The molecule has 0 saturated heterocycles. The van der Waals surface area contributed by atoms with Gasteiger partial charge in [-0.2, -0.15) is 5.10 Å². The standard InChI is InChI=1S/C13H13ClN2/c1-10-9-12(13(14)16-15-10)8-7-11-5-3-2-4-6-11/h2-6,9H,7-8H2,1H3. The third-order valence-corrected chi connectivity index (χ3v) is 2.79. The Balaban J connectivity index is 2.08. The smallest absolute Gasteiger partial charge is 0.154 e. The maximum atomic E-state index is 5.99. The van der Waals surface area contributed by atoms with Crippen LogP contribution in [0.5, 0.6) is 0 Å². The van der Waals surface area contributed by atoms with Crippen LogP contribution in [0.1, 0.15) is 16.8 Å². The fraction of sp³-hybridized carbons (Fsp3) is 0.231. The summed E-state index contributed by atoms with van der Waals surface area (Å²) in [5.41, 5.74) is 3.29. The van der Waals surface area contributed by atoms with Crippen LogP contribution in [0, 0.1) is 6.92 Å². The van der Waals surface area contributed by atoms with Crippen molar-refractivity contribution in [2.75, 3.05) is 0 Å². The summed E-state index contributed by atoms with van der Waals surface area (Å²) in [6.45, 7) is 1.93. The molecular weight excluding hydrogens is 220 g/mol. The Bertz CT molecular complexity index is 469. The second-order valence-corrected chi connectivity index (χ2v) is 4.15. The van der Waals surface area contributed by atoms with Crippen LogP contribution >= 0.6 is 11.6 Å². The highest BCUT2D eigenvalue weighted by Gasteiger charge is 2.03. The van der Waals surface area contributed by atoms with Crippen molar-refractivity contribution in [3.05, 3.63) is 58.4 Å². The number of halogens is 1. The first-order valence-corrected chi connectivity index (χ1v) is 5.66. The SMILES string of the molecule is Cc1cc(CCc2ccccc2)c(Cl)nn1. The zero-order chi connectivity index (χ0) is 11.4. The van der Waals surface area contributed by atoms with Gasteiger partial charge in [-0.3, -0.25) is 0 Å². The third kappa shape index (κ3) is 2.80. The number of nitrogens with zero attached hydrogens (tertiary/aromatic N) is 2. The number of benzene rings is 1. The van der Waals surface area contributed by atoms with Crippen molar-refractivity contribution in [1.29, 1.82) is 0 Å². The Morgan fingerprint density at radius 1 is 1.06 bits per heavy atom. The largest absolute Gasteiger partial charge is 0.154 e. The molecule has 1 heterocycles. The maximum absolute atomic E-state index is 5.99. The lowest BCUT2D eigenvalue weighted by Crippen LogP contribution is -1.97. The molecule has 16 heavy (non-hydrogen) atoms. The molecule has 2 nitrogen and oxygen atoms in total. The topological polar surface area (TPSA) is 25.8 Å². The van der Waals surface area contributed by atoms with Gasteiger partial charge >= 0.3 is 0 Å². The van der Waals surface area contributed by atoms with Crippen LogP contribution in [0.25, 0.3) is 0 Å². The van der Waals surface area contributed by atoms with Crippen LogP contribution in [0.15, 0.2) is 36.4 Å². The molecule has 0 aliphatic carbocycles. The van der Waals surface area contributed by atoms with Gasteiger partial charge in [-0.15, -0.1) is 5.10 Å². The van der Waals surface area contributed by atoms with Crippen LogP contribution in [-0.2, 0) is 12.8 Å². The van der Waals surface area contributed by atoms with Gasteiger partial charge in [-0.05, 0) is 37.0 Å². The molecule has 0 fully saturated rings. The van der Waals surface area contributed by atoms with Gasteiger partial charge in [0.1, 0.15) is 0 Å². The van der Waals surface area contributed by atoms with E-state index in [-0.39, 0.29) is 0 Å². The van der Waals surface area contributed by atoms with E-state index in [4.69, 9.17) is 11.6 Å². The molecule has 0 bridgehead atoms. The molecule has 0 N–H and O–H groups in total. The Kier molecular flexibility index (Phi) is 3.52. The Labute approximate surface area is 100 Å². The van der Waals surface area contributed by atoms with E-state index in [2.05, 4.69) is 22.3 Å². The summed E-state index contributed by atoms with van der Waals surface area (Å²) in [5.74, 6) is 0. The van der Waals surface area contributed by atoms with Crippen molar-refractivity contribution >= 4 is 11.6 Å². The van der Waals surface area contributed by atoms with Crippen LogP contribution in [-0.4, -0.2) is 10.2 Å². The van der Waals surface area contributed by atoms with Crippen LogP contribution in [0.3, 0.4) is 0 Å². The molecule has 1 aromatic carbocycles. The molecule has 3 heteroatoms. The second kappa shape index (κ2) is 5.08. The van der Waals surface area contributed by atoms with Crippen molar-refractivity contribution in [2.24, 2.45) is 0 Å². The molecule has 0 saturated carbocycles. The first-order valence-electron chi connectivity index (χ1n) is 5.28. The van der Waals surface area contributed by atoms with E-state index in [1.54, 1.807) is 0 Å². The summed E-state index contributed by atoms with van der Waals surface area (Å²) in [6.07, 6.45) is 1.88. The van der Waals surface area contributed by atoms with E-state index in [9.17, 15) is 0 Å². The molecule has 2 rings (SSSR count). The zero-order valence-electron chi connectivity index (χ0n) is 9.15. The molecule has 0 aliphatic heterocycles. The van der Waals surface area contributed by atoms with Gasteiger partial charge in [0.2, 0.25) is 0 Å². The lowest BCUT2D eigenvalue weighted by Gasteiger charge is -2.04. The van der Waals surface area contributed by atoms with Crippen molar-refractivity contribution in [1.82, 2.24) is 10.2 Å². The lowest BCUT2D eigenvalue weighted by atomic mass is 10.1. The Morgan fingerprint density at radius 2 is 1.81 bits per heavy atom. The highest BCUT2D eigenvalue weighted by Crippen LogP contribution is 2.15. The molecule has 0 unspecified atom stereocenters. The summed E-state index contributed by atoms with van der Waals surface area (Å²) in [6, 6.07) is 12.4. The summed E-state index contributed by atoms with van der Waals surface area (Å²) in [5, 5.41) is 8.33. The van der Waals surface area contributed by atoms with Gasteiger partial charge in [-0.25, -0.2) is 0 Å². The molecule has 82 valence electrons. The lowest BCUT2D eigenvalue weighted by molar-refractivity contribution is 0.900. The molecule has 0 atom stereocenters. The number of hydrogen-bond acceptors (Lipinski definition) is 2. The van der Waals surface area contributed by atoms with E-state index >= 15 is 0 Å². The number of aromatic nitrogens is 2. The van der Waals surface area contributed by atoms with Gasteiger partial charge < -0.3 is 0 Å². The number of rotatable bonds is 3. The van der Waals surface area contributed by atoms with Gasteiger partial charge in [0.05, 0.1) is 5.69 Å². The summed E-state index contributed by atoms with van der Waals surface area (Å²) >= 11 is 5.99. The number of hydrogen-bond donors (Lipinski definition) is 0. The van der Waals surface area contributed by atoms with E-state index < -0.39 is 0 Å². The molecule has 2 aromatic rings. The minimum Gasteiger partial charge on any atom is -0.154 e. The summed E-state index contributed by atoms with van der Waals surface area (Å²) in [4.78, 5) is 0. The van der Waals surface area contributed by atoms with E-state index in [0.29, 0.717) is 5.15 Å². The molecule has 1 aromatic heterocycles. The predicted octanol–water partition coefficient (Wildman–Crippen LogP) is 3.22. The minimum atomic E-state index is 0.515. The molecule has 0 spiro atoms. The molecule has 0 amide bonds. The fourth-order valence-electron chi connectivity index (χ4n) is 1.63. The van der Waals surface area contributed by atoms with Crippen molar-refractivity contribution < 1.29 is 0 Å². The molecule has 0 radical (unpaired) electrons. The van der Waals surface area contributed by atoms with Gasteiger partial charge in [0.15, 0.2) is 5.15 Å². The van der Waals surface area contributed by atoms with Crippen LogP contribution in [0.2, 0.25) is 5.15 Å². The highest BCUT2D eigenvalue weighted by molar-refractivity contribution is 6.30. The first-order chi connectivity index (χ1) is 7.75.